The largest absolute Gasteiger partial charge is 0.504 e. The number of nitrogens with zero attached hydrogens (tertiary/aromatic N) is 4. The van der Waals surface area contributed by atoms with Crippen LogP contribution in [0.15, 0.2) is 45.7 Å². The fourth-order valence-electron chi connectivity index (χ4n) is 2.01. The second kappa shape index (κ2) is 5.30. The van der Waals surface area contributed by atoms with E-state index in [1.54, 1.807) is 12.1 Å². The van der Waals surface area contributed by atoms with E-state index in [0.717, 1.165) is 6.07 Å². The van der Waals surface area contributed by atoms with Crippen LogP contribution in [0.25, 0.3) is 10.8 Å². The summed E-state index contributed by atoms with van der Waals surface area (Å²) < 4.78 is 32.1. The van der Waals surface area contributed by atoms with Crippen LogP contribution in [-0.4, -0.2) is 33.3 Å². The molecule has 1 heterocycles. The number of nitrogens with two attached hydrogens (primary N) is 1. The minimum Gasteiger partial charge on any atom is -0.504 e. The maximum Gasteiger partial charge on any atom is 0.298 e. The van der Waals surface area contributed by atoms with Gasteiger partial charge >= 0.3 is 0 Å². The highest BCUT2D eigenvalue weighted by Crippen LogP contribution is 2.41. The van der Waals surface area contributed by atoms with E-state index in [2.05, 4.69) is 25.4 Å². The summed E-state index contributed by atoms with van der Waals surface area (Å²) in [5.41, 5.74) is 5.90. The molecule has 5 N–H and O–H groups in total. The molecule has 10 nitrogen and oxygen atoms in total. The van der Waals surface area contributed by atoms with Gasteiger partial charge in [-0.1, -0.05) is 0 Å². The van der Waals surface area contributed by atoms with Gasteiger partial charge in [0.05, 0.1) is 0 Å². The average molecular weight is 334 g/mol. The molecule has 0 atom stereocenters. The molecule has 0 aliphatic carbocycles. The first-order valence-electron chi connectivity index (χ1n) is 6.17. The number of aromatic amines is 1. The Balaban J connectivity index is 2.31. The van der Waals surface area contributed by atoms with Crippen LogP contribution in [0.1, 0.15) is 0 Å². The van der Waals surface area contributed by atoms with Crippen molar-refractivity contribution in [1.82, 2.24) is 15.2 Å². The fourth-order valence-corrected chi connectivity index (χ4v) is 2.63. The van der Waals surface area contributed by atoms with Gasteiger partial charge in [0.1, 0.15) is 16.9 Å². The SMILES string of the molecule is Nc1ccc2c(N=Nc3nnc[nH]3)c(O)c(S(=O)(=O)O)cc2c1. The molecule has 0 saturated heterocycles. The minimum atomic E-state index is -4.66. The van der Waals surface area contributed by atoms with Gasteiger partial charge in [0.15, 0.2) is 5.75 Å². The highest BCUT2D eigenvalue weighted by atomic mass is 32.2. The molecule has 2 aromatic carbocycles. The number of hydrogen-bond acceptors (Lipinski definition) is 8. The van der Waals surface area contributed by atoms with Gasteiger partial charge in [-0.3, -0.25) is 4.55 Å². The van der Waals surface area contributed by atoms with E-state index >= 15 is 0 Å². The van der Waals surface area contributed by atoms with Gasteiger partial charge in [-0.05, 0) is 29.7 Å². The molecule has 0 radical (unpaired) electrons. The number of nitrogen functional groups attached to an aromatic ring is 1. The Morgan fingerprint density at radius 2 is 2.00 bits per heavy atom. The van der Waals surface area contributed by atoms with Crippen LogP contribution >= 0.6 is 0 Å². The molecule has 118 valence electrons. The third kappa shape index (κ3) is 2.82. The van der Waals surface area contributed by atoms with Crippen LogP contribution < -0.4 is 5.73 Å². The highest BCUT2D eigenvalue weighted by molar-refractivity contribution is 7.86. The van der Waals surface area contributed by atoms with E-state index < -0.39 is 20.8 Å². The zero-order chi connectivity index (χ0) is 16.6. The molecule has 3 rings (SSSR count). The molecule has 0 spiro atoms. The van der Waals surface area contributed by atoms with Crippen molar-refractivity contribution in [1.29, 1.82) is 0 Å². The molecule has 11 heteroatoms. The topological polar surface area (TPSA) is 167 Å². The summed E-state index contributed by atoms with van der Waals surface area (Å²) in [6, 6.07) is 5.69. The Morgan fingerprint density at radius 1 is 1.22 bits per heavy atom. The lowest BCUT2D eigenvalue weighted by molar-refractivity contribution is 0.445. The summed E-state index contributed by atoms with van der Waals surface area (Å²) in [5.74, 6) is -0.668. The summed E-state index contributed by atoms with van der Waals surface area (Å²) in [4.78, 5) is 1.88. The lowest BCUT2D eigenvalue weighted by Crippen LogP contribution is -1.99. The van der Waals surface area contributed by atoms with Crippen molar-refractivity contribution in [2.24, 2.45) is 10.2 Å². The Kier molecular flexibility index (Phi) is 3.42. The number of phenolic OH excluding ortho intramolecular Hbond substituents is 1. The van der Waals surface area contributed by atoms with E-state index in [4.69, 9.17) is 5.73 Å². The van der Waals surface area contributed by atoms with Crippen LogP contribution in [0.2, 0.25) is 0 Å². The number of phenols is 1. The van der Waals surface area contributed by atoms with Gasteiger partial charge in [0.25, 0.3) is 16.1 Å². The number of rotatable bonds is 3. The predicted octanol–water partition coefficient (Wildman–Crippen LogP) is 1.91. The molecule has 0 bridgehead atoms. The number of fused-ring (bicyclic) bond motifs is 1. The van der Waals surface area contributed by atoms with Crippen molar-refractivity contribution >= 4 is 38.2 Å². The fraction of sp³-hybridized carbons (Fsp3) is 0. The van der Waals surface area contributed by atoms with Gasteiger partial charge in [0, 0.05) is 11.1 Å². The number of aromatic hydroxyl groups is 1. The van der Waals surface area contributed by atoms with Crippen LogP contribution in [-0.2, 0) is 10.1 Å². The number of nitrogens with one attached hydrogen (secondary N) is 1. The van der Waals surface area contributed by atoms with Crippen LogP contribution in [0.4, 0.5) is 17.3 Å². The zero-order valence-corrected chi connectivity index (χ0v) is 12.2. The molecule has 3 aromatic rings. The number of H-pyrrole nitrogens is 1. The van der Waals surface area contributed by atoms with Gasteiger partial charge < -0.3 is 15.8 Å². The molecule has 0 unspecified atom stereocenters. The summed E-state index contributed by atoms with van der Waals surface area (Å²) >= 11 is 0. The number of anilines is 1. The molecule has 23 heavy (non-hydrogen) atoms. The first-order valence-corrected chi connectivity index (χ1v) is 7.61. The summed E-state index contributed by atoms with van der Waals surface area (Å²) in [5, 5.41) is 25.5. The van der Waals surface area contributed by atoms with Crippen molar-refractivity contribution in [3.63, 3.8) is 0 Å². The van der Waals surface area contributed by atoms with Crippen molar-refractivity contribution in [3.05, 3.63) is 30.6 Å². The normalized spacial score (nSPS) is 12.2. The number of hydrogen-bond donors (Lipinski definition) is 4. The third-order valence-corrected chi connectivity index (χ3v) is 3.87. The van der Waals surface area contributed by atoms with Gasteiger partial charge in [-0.25, -0.2) is 0 Å². The van der Waals surface area contributed by atoms with Gasteiger partial charge in [0.2, 0.25) is 0 Å². The Hall–Kier alpha value is -3.05. The van der Waals surface area contributed by atoms with Crippen molar-refractivity contribution < 1.29 is 18.1 Å². The smallest absolute Gasteiger partial charge is 0.298 e. The maximum atomic E-state index is 11.4. The first kappa shape index (κ1) is 14.9. The second-order valence-electron chi connectivity index (χ2n) is 4.54. The first-order chi connectivity index (χ1) is 10.9. The van der Waals surface area contributed by atoms with Crippen LogP contribution in [0.5, 0.6) is 5.75 Å². The summed E-state index contributed by atoms with van der Waals surface area (Å²) in [7, 11) is -4.66. The summed E-state index contributed by atoms with van der Waals surface area (Å²) in [6.07, 6.45) is 1.28. The van der Waals surface area contributed by atoms with Gasteiger partial charge in [-0.2, -0.15) is 8.42 Å². The number of azo groups is 1. The van der Waals surface area contributed by atoms with Crippen molar-refractivity contribution in [2.75, 3.05) is 5.73 Å². The zero-order valence-electron chi connectivity index (χ0n) is 11.4. The molecular weight excluding hydrogens is 324 g/mol. The van der Waals surface area contributed by atoms with Crippen LogP contribution in [0.3, 0.4) is 0 Å². The van der Waals surface area contributed by atoms with Gasteiger partial charge in [-0.15, -0.1) is 20.4 Å². The molecule has 0 fully saturated rings. The summed E-state index contributed by atoms with van der Waals surface area (Å²) in [6.45, 7) is 0. The van der Waals surface area contributed by atoms with E-state index in [-0.39, 0.29) is 11.6 Å². The van der Waals surface area contributed by atoms with Crippen molar-refractivity contribution in [3.8, 4) is 5.75 Å². The quantitative estimate of drug-likeness (QED) is 0.322. The van der Waals surface area contributed by atoms with Crippen molar-refractivity contribution in [2.45, 2.75) is 4.90 Å². The third-order valence-electron chi connectivity index (χ3n) is 3.00. The lowest BCUT2D eigenvalue weighted by atomic mass is 10.1. The van der Waals surface area contributed by atoms with Crippen LogP contribution in [0, 0.1) is 0 Å². The van der Waals surface area contributed by atoms with E-state index in [1.807, 2.05) is 0 Å². The Labute approximate surface area is 129 Å². The molecular formula is C12H10N6O4S. The number of benzene rings is 2. The standard InChI is InChI=1S/C12H10N6O4S/c13-7-1-2-8-6(3-7)4-9(23(20,21)22)11(19)10(8)16-18-12-14-5-15-17-12/h1-5,19H,13H2,(H,14,15,17)(H,20,21,22). The minimum absolute atomic E-state index is 0.0604. The highest BCUT2D eigenvalue weighted by Gasteiger charge is 2.21. The average Bonchev–Trinajstić information content (AvgIpc) is 2.98. The molecule has 1 aromatic heterocycles. The lowest BCUT2D eigenvalue weighted by Gasteiger charge is -2.08. The monoisotopic (exact) mass is 334 g/mol. The van der Waals surface area contributed by atoms with E-state index in [9.17, 15) is 18.1 Å². The molecule has 0 amide bonds. The van der Waals surface area contributed by atoms with E-state index in [0.29, 0.717) is 16.5 Å². The Bertz CT molecular complexity index is 1010. The number of aromatic nitrogens is 3. The second-order valence-corrected chi connectivity index (χ2v) is 5.93. The maximum absolute atomic E-state index is 11.4. The molecule has 0 saturated carbocycles. The van der Waals surface area contributed by atoms with E-state index in [1.165, 1.54) is 12.4 Å². The Morgan fingerprint density at radius 3 is 2.65 bits per heavy atom. The molecule has 0 aliphatic rings. The molecule has 0 aliphatic heterocycles. The predicted molar refractivity (Wildman–Crippen MR) is 80.4 cm³/mol.